The van der Waals surface area contributed by atoms with Gasteiger partial charge in [-0.05, 0) is 24.3 Å². The normalized spacial score (nSPS) is 10.3. The molecule has 0 saturated carbocycles. The number of hydrogen-bond donors (Lipinski definition) is 0. The monoisotopic (exact) mass is 382 g/mol. The van der Waals surface area contributed by atoms with Gasteiger partial charge in [0.05, 0.1) is 34.4 Å². The molecule has 0 heterocycles. The highest BCUT2D eigenvalue weighted by molar-refractivity contribution is 6.33. The molecule has 0 saturated heterocycles. The summed E-state index contributed by atoms with van der Waals surface area (Å²) in [4.78, 5) is 23.6. The Balaban J connectivity index is 1.60. The van der Waals surface area contributed by atoms with Crippen molar-refractivity contribution in [3.05, 3.63) is 69.7 Å². The zero-order chi connectivity index (χ0) is 18.1. The Kier molecular flexibility index (Phi) is 7.73. The third-order valence-electron chi connectivity index (χ3n) is 3.11. The van der Waals surface area contributed by atoms with Crippen LogP contribution in [0.1, 0.15) is 20.7 Å². The molecule has 25 heavy (non-hydrogen) atoms. The molecule has 0 amide bonds. The molecule has 2 aromatic carbocycles. The molecule has 132 valence electrons. The van der Waals surface area contributed by atoms with Crippen molar-refractivity contribution in [3.63, 3.8) is 0 Å². The minimum atomic E-state index is -0.514. The lowest BCUT2D eigenvalue weighted by atomic mass is 10.2. The van der Waals surface area contributed by atoms with Crippen molar-refractivity contribution in [2.45, 2.75) is 0 Å². The average Bonchev–Trinajstić information content (AvgIpc) is 2.61. The molecule has 0 aliphatic rings. The summed E-state index contributed by atoms with van der Waals surface area (Å²) >= 11 is 11.8. The minimum Gasteiger partial charge on any atom is -0.460 e. The van der Waals surface area contributed by atoms with Crippen LogP contribution < -0.4 is 0 Å². The standard InChI is InChI=1S/C18H16Cl2O5/c19-15-7-3-1-5-13(15)17(21)24-11-9-23-10-12-25-18(22)14-6-2-4-8-16(14)20/h1-8H,9-12H2. The number of esters is 2. The number of carbonyl (C=O) groups excluding carboxylic acids is 2. The number of hydrogen-bond acceptors (Lipinski definition) is 5. The van der Waals surface area contributed by atoms with Crippen LogP contribution in [0.2, 0.25) is 10.0 Å². The van der Waals surface area contributed by atoms with E-state index in [4.69, 9.17) is 37.4 Å². The summed E-state index contributed by atoms with van der Waals surface area (Å²) in [6.07, 6.45) is 0. The van der Waals surface area contributed by atoms with Gasteiger partial charge >= 0.3 is 11.9 Å². The predicted octanol–water partition coefficient (Wildman–Crippen LogP) is 4.02. The Morgan fingerprint density at radius 3 is 1.48 bits per heavy atom. The fraction of sp³-hybridized carbons (Fsp3) is 0.222. The van der Waals surface area contributed by atoms with Gasteiger partial charge in [0.2, 0.25) is 0 Å². The quantitative estimate of drug-likeness (QED) is 0.509. The molecular weight excluding hydrogens is 367 g/mol. The number of ether oxygens (including phenoxy) is 3. The molecule has 0 aromatic heterocycles. The van der Waals surface area contributed by atoms with Crippen molar-refractivity contribution < 1.29 is 23.8 Å². The first kappa shape index (κ1) is 19.2. The van der Waals surface area contributed by atoms with Crippen LogP contribution in [0.25, 0.3) is 0 Å². The summed E-state index contributed by atoms with van der Waals surface area (Å²) in [5.41, 5.74) is 0.607. The van der Waals surface area contributed by atoms with Gasteiger partial charge in [0.1, 0.15) is 13.2 Å². The third-order valence-corrected chi connectivity index (χ3v) is 3.77. The van der Waals surface area contributed by atoms with Gasteiger partial charge in [-0.1, -0.05) is 47.5 Å². The van der Waals surface area contributed by atoms with Gasteiger partial charge in [-0.25, -0.2) is 9.59 Å². The van der Waals surface area contributed by atoms with E-state index >= 15 is 0 Å². The molecule has 2 rings (SSSR count). The van der Waals surface area contributed by atoms with Gasteiger partial charge in [0.25, 0.3) is 0 Å². The second-order valence-corrected chi connectivity index (χ2v) is 5.66. The Hall–Kier alpha value is -2.08. The fourth-order valence-electron chi connectivity index (χ4n) is 1.90. The van der Waals surface area contributed by atoms with Crippen LogP contribution in [0.4, 0.5) is 0 Å². The Labute approximate surface area is 155 Å². The summed E-state index contributed by atoms with van der Waals surface area (Å²) in [5.74, 6) is -1.03. The summed E-state index contributed by atoms with van der Waals surface area (Å²) in [5, 5.41) is 0.666. The SMILES string of the molecule is O=C(OCCOCCOC(=O)c1ccccc1Cl)c1ccccc1Cl. The zero-order valence-electron chi connectivity index (χ0n) is 13.2. The molecule has 0 aliphatic heterocycles. The summed E-state index contributed by atoms with van der Waals surface area (Å²) in [6.45, 7) is 0.505. The van der Waals surface area contributed by atoms with Crippen LogP contribution in [-0.4, -0.2) is 38.4 Å². The maximum atomic E-state index is 11.8. The summed E-state index contributed by atoms with van der Waals surface area (Å²) < 4.78 is 15.3. The topological polar surface area (TPSA) is 61.8 Å². The van der Waals surface area contributed by atoms with E-state index in [0.29, 0.717) is 21.2 Å². The maximum absolute atomic E-state index is 11.8. The van der Waals surface area contributed by atoms with E-state index < -0.39 is 11.9 Å². The number of rotatable bonds is 8. The lowest BCUT2D eigenvalue weighted by molar-refractivity contribution is 0.0151. The van der Waals surface area contributed by atoms with Crippen LogP contribution in [-0.2, 0) is 14.2 Å². The Bertz CT molecular complexity index is 671. The van der Waals surface area contributed by atoms with Crippen molar-refractivity contribution in [1.29, 1.82) is 0 Å². The van der Waals surface area contributed by atoms with Crippen LogP contribution in [0.3, 0.4) is 0 Å². The van der Waals surface area contributed by atoms with Crippen molar-refractivity contribution in [2.75, 3.05) is 26.4 Å². The molecule has 0 N–H and O–H groups in total. The largest absolute Gasteiger partial charge is 0.460 e. The highest BCUT2D eigenvalue weighted by Crippen LogP contribution is 2.16. The highest BCUT2D eigenvalue weighted by Gasteiger charge is 2.11. The molecule has 0 bridgehead atoms. The first-order valence-electron chi connectivity index (χ1n) is 7.50. The molecule has 2 aromatic rings. The molecular formula is C18H16Cl2O5. The van der Waals surface area contributed by atoms with Crippen LogP contribution >= 0.6 is 23.2 Å². The molecule has 0 spiro atoms. The van der Waals surface area contributed by atoms with Gasteiger partial charge in [0, 0.05) is 0 Å². The Morgan fingerprint density at radius 1 is 0.680 bits per heavy atom. The van der Waals surface area contributed by atoms with Crippen LogP contribution in [0, 0.1) is 0 Å². The third kappa shape index (κ3) is 6.05. The minimum absolute atomic E-state index is 0.0719. The first-order chi connectivity index (χ1) is 12.1. The molecule has 0 aliphatic carbocycles. The van der Waals surface area contributed by atoms with E-state index in [1.807, 2.05) is 0 Å². The van der Waals surface area contributed by atoms with Gasteiger partial charge in [-0.15, -0.1) is 0 Å². The molecule has 0 unspecified atom stereocenters. The number of benzene rings is 2. The molecule has 7 heteroatoms. The van der Waals surface area contributed by atoms with E-state index in [0.717, 1.165) is 0 Å². The van der Waals surface area contributed by atoms with E-state index in [9.17, 15) is 9.59 Å². The summed E-state index contributed by atoms with van der Waals surface area (Å²) in [6, 6.07) is 13.3. The second kappa shape index (κ2) is 10.0. The number of carbonyl (C=O) groups is 2. The smallest absolute Gasteiger partial charge is 0.339 e. The average molecular weight is 383 g/mol. The van der Waals surface area contributed by atoms with E-state index in [1.165, 1.54) is 0 Å². The molecule has 5 nitrogen and oxygen atoms in total. The second-order valence-electron chi connectivity index (χ2n) is 4.84. The lowest BCUT2D eigenvalue weighted by Gasteiger charge is -2.08. The first-order valence-corrected chi connectivity index (χ1v) is 8.26. The van der Waals surface area contributed by atoms with Gasteiger partial charge in [0.15, 0.2) is 0 Å². The van der Waals surface area contributed by atoms with Crippen LogP contribution in [0.5, 0.6) is 0 Å². The van der Waals surface area contributed by atoms with E-state index in [1.54, 1.807) is 48.5 Å². The van der Waals surface area contributed by atoms with Gasteiger partial charge in [-0.3, -0.25) is 0 Å². The van der Waals surface area contributed by atoms with Crippen molar-refractivity contribution >= 4 is 35.1 Å². The van der Waals surface area contributed by atoms with Crippen molar-refractivity contribution in [3.8, 4) is 0 Å². The molecule has 0 atom stereocenters. The lowest BCUT2D eigenvalue weighted by Crippen LogP contribution is -2.15. The fourth-order valence-corrected chi connectivity index (χ4v) is 2.32. The maximum Gasteiger partial charge on any atom is 0.339 e. The number of halogens is 2. The van der Waals surface area contributed by atoms with Crippen molar-refractivity contribution in [2.24, 2.45) is 0 Å². The van der Waals surface area contributed by atoms with E-state index in [-0.39, 0.29) is 26.4 Å². The zero-order valence-corrected chi connectivity index (χ0v) is 14.8. The highest BCUT2D eigenvalue weighted by atomic mass is 35.5. The van der Waals surface area contributed by atoms with Gasteiger partial charge < -0.3 is 14.2 Å². The molecule has 0 fully saturated rings. The molecule has 0 radical (unpaired) electrons. The van der Waals surface area contributed by atoms with E-state index in [2.05, 4.69) is 0 Å². The predicted molar refractivity (Wildman–Crippen MR) is 94.3 cm³/mol. The summed E-state index contributed by atoms with van der Waals surface area (Å²) in [7, 11) is 0. The van der Waals surface area contributed by atoms with Crippen molar-refractivity contribution in [1.82, 2.24) is 0 Å². The van der Waals surface area contributed by atoms with Gasteiger partial charge in [-0.2, -0.15) is 0 Å². The Morgan fingerprint density at radius 2 is 1.08 bits per heavy atom. The van der Waals surface area contributed by atoms with Crippen LogP contribution in [0.15, 0.2) is 48.5 Å².